The molecule has 112 valence electrons. The summed E-state index contributed by atoms with van der Waals surface area (Å²) < 4.78 is 0. The minimum atomic E-state index is 0.125. The van der Waals surface area contributed by atoms with E-state index >= 15 is 0 Å². The van der Waals surface area contributed by atoms with Gasteiger partial charge in [0.25, 0.3) is 0 Å². The van der Waals surface area contributed by atoms with E-state index in [-0.39, 0.29) is 5.54 Å². The highest BCUT2D eigenvalue weighted by molar-refractivity contribution is 5.51. The van der Waals surface area contributed by atoms with Crippen LogP contribution in [0.2, 0.25) is 0 Å². The molecule has 1 aliphatic carbocycles. The van der Waals surface area contributed by atoms with Crippen molar-refractivity contribution in [3.05, 3.63) is 29.8 Å². The van der Waals surface area contributed by atoms with Crippen LogP contribution in [0.4, 0.5) is 5.69 Å². The van der Waals surface area contributed by atoms with Crippen molar-refractivity contribution >= 4 is 5.69 Å². The highest BCUT2D eigenvalue weighted by atomic mass is 15.2. The Kier molecular flexibility index (Phi) is 4.74. The van der Waals surface area contributed by atoms with E-state index in [1.807, 2.05) is 0 Å². The highest BCUT2D eigenvalue weighted by Gasteiger charge is 2.44. The average molecular weight is 274 g/mol. The van der Waals surface area contributed by atoms with Crippen molar-refractivity contribution in [3.63, 3.8) is 0 Å². The molecule has 0 aliphatic heterocycles. The van der Waals surface area contributed by atoms with Crippen LogP contribution in [-0.4, -0.2) is 18.6 Å². The van der Waals surface area contributed by atoms with Crippen molar-refractivity contribution in [3.8, 4) is 0 Å². The maximum Gasteiger partial charge on any atom is 0.0552 e. The van der Waals surface area contributed by atoms with Crippen LogP contribution in [0.3, 0.4) is 0 Å². The van der Waals surface area contributed by atoms with Gasteiger partial charge < -0.3 is 10.6 Å². The van der Waals surface area contributed by atoms with Crippen LogP contribution in [0.1, 0.15) is 45.6 Å². The van der Waals surface area contributed by atoms with Crippen LogP contribution < -0.4 is 10.6 Å². The molecule has 1 aromatic carbocycles. The Morgan fingerprint density at radius 1 is 1.35 bits per heavy atom. The van der Waals surface area contributed by atoms with Crippen molar-refractivity contribution in [2.24, 2.45) is 17.6 Å². The van der Waals surface area contributed by atoms with Gasteiger partial charge in [0.15, 0.2) is 0 Å². The summed E-state index contributed by atoms with van der Waals surface area (Å²) in [4.78, 5) is 2.57. The third kappa shape index (κ3) is 2.58. The standard InChI is InChI=1S/C18H30N2/c1-5-20(17-10-6-8-14(2)12-17)18(13-19)11-7-9-15(3)16(18)4/h6,8,10,12,15-16H,5,7,9,11,13,19H2,1-4H3. The molecule has 0 radical (unpaired) electrons. The molecule has 20 heavy (non-hydrogen) atoms. The smallest absolute Gasteiger partial charge is 0.0552 e. The second-order valence-corrected chi connectivity index (χ2v) is 6.55. The molecule has 0 spiro atoms. The molecule has 0 heterocycles. The topological polar surface area (TPSA) is 29.3 Å². The summed E-state index contributed by atoms with van der Waals surface area (Å²) in [5.41, 5.74) is 9.08. The first-order chi connectivity index (χ1) is 9.55. The summed E-state index contributed by atoms with van der Waals surface area (Å²) in [5, 5.41) is 0. The Morgan fingerprint density at radius 2 is 2.10 bits per heavy atom. The van der Waals surface area contributed by atoms with Crippen LogP contribution in [0.5, 0.6) is 0 Å². The van der Waals surface area contributed by atoms with Crippen molar-refractivity contribution in [1.82, 2.24) is 0 Å². The van der Waals surface area contributed by atoms with Gasteiger partial charge in [-0.1, -0.05) is 38.8 Å². The number of benzene rings is 1. The number of likely N-dealkylation sites (N-methyl/N-ethyl adjacent to an activating group) is 1. The average Bonchev–Trinajstić information content (AvgIpc) is 2.44. The van der Waals surface area contributed by atoms with Gasteiger partial charge in [-0.25, -0.2) is 0 Å². The molecule has 2 N–H and O–H groups in total. The predicted octanol–water partition coefficient (Wildman–Crippen LogP) is 3.97. The Morgan fingerprint density at radius 3 is 2.70 bits per heavy atom. The Hall–Kier alpha value is -1.02. The number of nitrogens with two attached hydrogens (primary N) is 1. The molecular weight excluding hydrogens is 244 g/mol. The third-order valence-electron chi connectivity index (χ3n) is 5.49. The zero-order valence-electron chi connectivity index (χ0n) is 13.5. The van der Waals surface area contributed by atoms with E-state index in [0.29, 0.717) is 5.92 Å². The molecule has 3 unspecified atom stereocenters. The molecule has 1 aliphatic rings. The summed E-state index contributed by atoms with van der Waals surface area (Å²) in [6.07, 6.45) is 3.86. The summed E-state index contributed by atoms with van der Waals surface area (Å²) in [6, 6.07) is 8.86. The van der Waals surface area contributed by atoms with Crippen molar-refractivity contribution in [2.45, 2.75) is 52.5 Å². The van der Waals surface area contributed by atoms with Crippen molar-refractivity contribution < 1.29 is 0 Å². The molecule has 2 heteroatoms. The van der Waals surface area contributed by atoms with E-state index in [4.69, 9.17) is 5.73 Å². The van der Waals surface area contributed by atoms with E-state index in [0.717, 1.165) is 19.0 Å². The number of rotatable bonds is 4. The lowest BCUT2D eigenvalue weighted by molar-refractivity contribution is 0.140. The Bertz CT molecular complexity index is 443. The lowest BCUT2D eigenvalue weighted by Gasteiger charge is -2.53. The van der Waals surface area contributed by atoms with Gasteiger partial charge in [-0.3, -0.25) is 0 Å². The van der Waals surface area contributed by atoms with Gasteiger partial charge in [0.05, 0.1) is 5.54 Å². The van der Waals surface area contributed by atoms with Crippen LogP contribution >= 0.6 is 0 Å². The molecular formula is C18H30N2. The fraction of sp³-hybridized carbons (Fsp3) is 0.667. The van der Waals surface area contributed by atoms with E-state index in [1.54, 1.807) is 0 Å². The minimum Gasteiger partial charge on any atom is -0.365 e. The maximum absolute atomic E-state index is 6.30. The van der Waals surface area contributed by atoms with Gasteiger partial charge in [0, 0.05) is 18.8 Å². The van der Waals surface area contributed by atoms with E-state index in [1.165, 1.54) is 30.5 Å². The van der Waals surface area contributed by atoms with Gasteiger partial charge in [-0.2, -0.15) is 0 Å². The van der Waals surface area contributed by atoms with Crippen LogP contribution in [0.25, 0.3) is 0 Å². The normalized spacial score (nSPS) is 30.2. The molecule has 0 saturated heterocycles. The molecule has 0 amide bonds. The van der Waals surface area contributed by atoms with Gasteiger partial charge in [0.2, 0.25) is 0 Å². The van der Waals surface area contributed by atoms with E-state index in [9.17, 15) is 0 Å². The second kappa shape index (κ2) is 6.17. The zero-order chi connectivity index (χ0) is 14.8. The molecule has 1 fully saturated rings. The van der Waals surface area contributed by atoms with Crippen LogP contribution in [-0.2, 0) is 0 Å². The second-order valence-electron chi connectivity index (χ2n) is 6.55. The minimum absolute atomic E-state index is 0.125. The lowest BCUT2D eigenvalue weighted by Crippen LogP contribution is -2.61. The SMILES string of the molecule is CCN(c1cccc(C)c1)C1(CN)CCCC(C)C1C. The number of nitrogens with zero attached hydrogens (tertiary/aromatic N) is 1. The lowest BCUT2D eigenvalue weighted by atomic mass is 9.67. The number of anilines is 1. The first-order valence-electron chi connectivity index (χ1n) is 8.09. The molecule has 3 atom stereocenters. The maximum atomic E-state index is 6.30. The van der Waals surface area contributed by atoms with Crippen LogP contribution in [0.15, 0.2) is 24.3 Å². The molecule has 2 nitrogen and oxygen atoms in total. The molecule has 1 aromatic rings. The molecule has 1 saturated carbocycles. The first kappa shape index (κ1) is 15.4. The van der Waals surface area contributed by atoms with Gasteiger partial charge >= 0.3 is 0 Å². The highest BCUT2D eigenvalue weighted by Crippen LogP contribution is 2.43. The van der Waals surface area contributed by atoms with Crippen molar-refractivity contribution in [1.29, 1.82) is 0 Å². The fourth-order valence-corrected chi connectivity index (χ4v) is 4.07. The quantitative estimate of drug-likeness (QED) is 0.900. The van der Waals surface area contributed by atoms with Gasteiger partial charge in [-0.15, -0.1) is 0 Å². The van der Waals surface area contributed by atoms with Crippen LogP contribution in [0, 0.1) is 18.8 Å². The summed E-state index contributed by atoms with van der Waals surface area (Å²) in [5.74, 6) is 1.40. The van der Waals surface area contributed by atoms with Gasteiger partial charge in [0.1, 0.15) is 0 Å². The fourth-order valence-electron chi connectivity index (χ4n) is 4.07. The van der Waals surface area contributed by atoms with Crippen molar-refractivity contribution in [2.75, 3.05) is 18.0 Å². The first-order valence-corrected chi connectivity index (χ1v) is 8.09. The van der Waals surface area contributed by atoms with E-state index < -0.39 is 0 Å². The Balaban J connectivity index is 2.41. The summed E-state index contributed by atoms with van der Waals surface area (Å²) >= 11 is 0. The largest absolute Gasteiger partial charge is 0.365 e. The summed E-state index contributed by atoms with van der Waals surface area (Å²) in [6.45, 7) is 11.0. The molecule has 2 rings (SSSR count). The van der Waals surface area contributed by atoms with E-state index in [2.05, 4.69) is 56.9 Å². The molecule has 0 bridgehead atoms. The summed E-state index contributed by atoms with van der Waals surface area (Å²) in [7, 11) is 0. The Labute approximate surface area is 124 Å². The molecule has 0 aromatic heterocycles. The third-order valence-corrected chi connectivity index (χ3v) is 5.49. The zero-order valence-corrected chi connectivity index (χ0v) is 13.5. The number of aryl methyl sites for hydroxylation is 1. The number of hydrogen-bond donors (Lipinski definition) is 1. The monoisotopic (exact) mass is 274 g/mol. The predicted molar refractivity (Wildman–Crippen MR) is 88.2 cm³/mol. The van der Waals surface area contributed by atoms with Gasteiger partial charge in [-0.05, 0) is 49.8 Å². The number of hydrogen-bond acceptors (Lipinski definition) is 2.